The number of hydrogen-bond donors (Lipinski definition) is 3. The van der Waals surface area contributed by atoms with Crippen LogP contribution in [0, 0.1) is 0 Å². The summed E-state index contributed by atoms with van der Waals surface area (Å²) in [6, 6.07) is 19.8. The minimum atomic E-state index is -0.549. The lowest BCUT2D eigenvalue weighted by atomic mass is 10.1. The van der Waals surface area contributed by atoms with Gasteiger partial charge in [0, 0.05) is 10.6 Å². The van der Waals surface area contributed by atoms with Crippen LogP contribution in [0.4, 0.5) is 11.4 Å². The molecule has 0 heterocycles. The molecule has 0 aliphatic rings. The Morgan fingerprint density at radius 3 is 2.24 bits per heavy atom. The number of ether oxygens (including phenoxy) is 1. The Morgan fingerprint density at radius 2 is 1.52 bits per heavy atom. The maximum Gasteiger partial charge on any atom is 0.259 e. The molecule has 0 spiro atoms. The Bertz CT molecular complexity index is 1390. The number of anilines is 2. The highest BCUT2D eigenvalue weighted by Gasteiger charge is 2.17. The molecular weight excluding hydrogens is 463 g/mol. The van der Waals surface area contributed by atoms with Crippen LogP contribution in [0.5, 0.6) is 11.5 Å². The van der Waals surface area contributed by atoms with Crippen LogP contribution in [0.3, 0.4) is 0 Å². The van der Waals surface area contributed by atoms with E-state index in [-0.39, 0.29) is 22.6 Å². The number of carbonyl (C=O) groups is 2. The Balaban J connectivity index is 1.62. The van der Waals surface area contributed by atoms with Crippen molar-refractivity contribution >= 4 is 57.2 Å². The largest absolute Gasteiger partial charge is 0.507 e. The summed E-state index contributed by atoms with van der Waals surface area (Å²) < 4.78 is 5.32. The van der Waals surface area contributed by atoms with E-state index in [2.05, 4.69) is 10.6 Å². The monoisotopic (exact) mass is 480 g/mol. The van der Waals surface area contributed by atoms with Crippen molar-refractivity contribution in [1.82, 2.24) is 0 Å². The molecule has 6 nitrogen and oxygen atoms in total. The number of nitrogens with one attached hydrogen (secondary N) is 2. The number of halogens is 2. The van der Waals surface area contributed by atoms with Crippen LogP contribution in [0.2, 0.25) is 10.0 Å². The fraction of sp³-hybridized carbons (Fsp3) is 0.0400. The van der Waals surface area contributed by atoms with Gasteiger partial charge in [-0.25, -0.2) is 0 Å². The van der Waals surface area contributed by atoms with Gasteiger partial charge < -0.3 is 20.5 Å². The molecule has 0 fully saturated rings. The summed E-state index contributed by atoms with van der Waals surface area (Å²) in [6.45, 7) is 0. The second kappa shape index (κ2) is 9.40. The number of aromatic hydroxyl groups is 1. The van der Waals surface area contributed by atoms with Crippen LogP contribution in [-0.4, -0.2) is 24.0 Å². The third-order valence-electron chi connectivity index (χ3n) is 5.00. The van der Waals surface area contributed by atoms with E-state index >= 15 is 0 Å². The highest BCUT2D eigenvalue weighted by molar-refractivity contribution is 6.36. The maximum atomic E-state index is 12.9. The Labute approximate surface area is 199 Å². The van der Waals surface area contributed by atoms with Crippen molar-refractivity contribution in [3.63, 3.8) is 0 Å². The van der Waals surface area contributed by atoms with Gasteiger partial charge in [-0.05, 0) is 59.3 Å². The van der Waals surface area contributed by atoms with E-state index in [9.17, 15) is 14.7 Å². The van der Waals surface area contributed by atoms with Crippen LogP contribution < -0.4 is 15.4 Å². The van der Waals surface area contributed by atoms with Gasteiger partial charge in [0.2, 0.25) is 0 Å². The molecule has 0 aromatic heterocycles. The second-order valence-electron chi connectivity index (χ2n) is 7.16. The first-order valence-electron chi connectivity index (χ1n) is 9.83. The molecule has 0 aliphatic carbocycles. The third-order valence-corrected chi connectivity index (χ3v) is 5.56. The lowest BCUT2D eigenvalue weighted by molar-refractivity contribution is 0.101. The predicted molar refractivity (Wildman–Crippen MR) is 131 cm³/mol. The normalized spacial score (nSPS) is 10.6. The number of phenolic OH excluding ortho intramolecular Hbond substituents is 1. The lowest BCUT2D eigenvalue weighted by Crippen LogP contribution is -2.16. The molecule has 0 unspecified atom stereocenters. The molecular formula is C25H18Cl2N2O4. The first kappa shape index (κ1) is 22.5. The molecule has 3 N–H and O–H groups in total. The predicted octanol–water partition coefficient (Wildman–Crippen LogP) is 6.37. The summed E-state index contributed by atoms with van der Waals surface area (Å²) in [5, 5.41) is 18.1. The molecule has 0 aliphatic heterocycles. The molecule has 33 heavy (non-hydrogen) atoms. The smallest absolute Gasteiger partial charge is 0.259 e. The van der Waals surface area contributed by atoms with Gasteiger partial charge in [-0.2, -0.15) is 0 Å². The van der Waals surface area contributed by atoms with Gasteiger partial charge in [-0.15, -0.1) is 0 Å². The summed E-state index contributed by atoms with van der Waals surface area (Å²) in [5.41, 5.74) is 0.970. The lowest BCUT2D eigenvalue weighted by Gasteiger charge is -2.14. The van der Waals surface area contributed by atoms with Crippen LogP contribution in [-0.2, 0) is 0 Å². The zero-order chi connectivity index (χ0) is 23.5. The van der Waals surface area contributed by atoms with E-state index in [4.69, 9.17) is 27.9 Å². The number of rotatable bonds is 5. The highest BCUT2D eigenvalue weighted by atomic mass is 35.5. The van der Waals surface area contributed by atoms with E-state index in [1.165, 1.54) is 25.3 Å². The third kappa shape index (κ3) is 4.87. The number of benzene rings is 4. The number of methoxy groups -OCH3 is 1. The zero-order valence-corrected chi connectivity index (χ0v) is 18.9. The standard InChI is InChI=1S/C25H18Cl2N2O4/c1-33-23-9-6-16(24(31)28-20-13-17(26)7-8-19(20)27)11-21(23)29-25(32)18-10-14-4-2-3-5-15(14)12-22(18)30/h2-13,30H,1H3,(H,28,31)(H,29,32). The average molecular weight is 481 g/mol. The highest BCUT2D eigenvalue weighted by Crippen LogP contribution is 2.30. The first-order valence-corrected chi connectivity index (χ1v) is 10.6. The molecule has 0 atom stereocenters. The summed E-state index contributed by atoms with van der Waals surface area (Å²) >= 11 is 12.1. The van der Waals surface area contributed by atoms with Crippen molar-refractivity contribution in [2.45, 2.75) is 0 Å². The number of hydrogen-bond acceptors (Lipinski definition) is 4. The number of carbonyl (C=O) groups excluding carboxylic acids is 2. The van der Waals surface area contributed by atoms with Crippen molar-refractivity contribution in [2.24, 2.45) is 0 Å². The van der Waals surface area contributed by atoms with Gasteiger partial charge in [0.05, 0.1) is 29.1 Å². The number of phenols is 1. The second-order valence-corrected chi connectivity index (χ2v) is 8.01. The van der Waals surface area contributed by atoms with Crippen molar-refractivity contribution in [3.8, 4) is 11.5 Å². The molecule has 0 saturated carbocycles. The van der Waals surface area contributed by atoms with Gasteiger partial charge in [0.15, 0.2) is 0 Å². The SMILES string of the molecule is COc1ccc(C(=O)Nc2cc(Cl)ccc2Cl)cc1NC(=O)c1cc2ccccc2cc1O. The minimum absolute atomic E-state index is 0.0938. The average Bonchev–Trinajstić information content (AvgIpc) is 2.80. The van der Waals surface area contributed by atoms with E-state index in [0.717, 1.165) is 10.8 Å². The van der Waals surface area contributed by atoms with Gasteiger partial charge >= 0.3 is 0 Å². The number of fused-ring (bicyclic) bond motifs is 1. The van der Waals surface area contributed by atoms with E-state index in [0.29, 0.717) is 21.5 Å². The summed E-state index contributed by atoms with van der Waals surface area (Å²) in [4.78, 5) is 25.7. The molecule has 2 amide bonds. The number of amides is 2. The molecule has 166 valence electrons. The molecule has 0 radical (unpaired) electrons. The molecule has 4 aromatic carbocycles. The van der Waals surface area contributed by atoms with Crippen LogP contribution in [0.25, 0.3) is 10.8 Å². The van der Waals surface area contributed by atoms with Crippen LogP contribution >= 0.6 is 23.2 Å². The minimum Gasteiger partial charge on any atom is -0.507 e. The molecule has 8 heteroatoms. The van der Waals surface area contributed by atoms with Crippen LogP contribution in [0.1, 0.15) is 20.7 Å². The van der Waals surface area contributed by atoms with Gasteiger partial charge in [-0.1, -0.05) is 47.5 Å². The quantitative estimate of drug-likeness (QED) is 0.309. The van der Waals surface area contributed by atoms with Crippen molar-refractivity contribution in [1.29, 1.82) is 0 Å². The van der Waals surface area contributed by atoms with E-state index in [1.54, 1.807) is 30.3 Å². The van der Waals surface area contributed by atoms with E-state index in [1.807, 2.05) is 24.3 Å². The Morgan fingerprint density at radius 1 is 0.818 bits per heavy atom. The molecule has 4 aromatic rings. The van der Waals surface area contributed by atoms with Gasteiger partial charge in [0.25, 0.3) is 11.8 Å². The first-order chi connectivity index (χ1) is 15.9. The fourth-order valence-corrected chi connectivity index (χ4v) is 3.67. The summed E-state index contributed by atoms with van der Waals surface area (Å²) in [6.07, 6.45) is 0. The molecule has 0 bridgehead atoms. The molecule has 0 saturated heterocycles. The zero-order valence-electron chi connectivity index (χ0n) is 17.4. The Kier molecular flexibility index (Phi) is 6.40. The van der Waals surface area contributed by atoms with Crippen LogP contribution in [0.15, 0.2) is 72.8 Å². The topological polar surface area (TPSA) is 87.7 Å². The van der Waals surface area contributed by atoms with Crippen molar-refractivity contribution in [2.75, 3.05) is 17.7 Å². The maximum absolute atomic E-state index is 12.9. The Hall–Kier alpha value is -3.74. The fourth-order valence-electron chi connectivity index (χ4n) is 3.33. The van der Waals surface area contributed by atoms with Gasteiger partial charge in [0.1, 0.15) is 11.5 Å². The van der Waals surface area contributed by atoms with Crippen molar-refractivity contribution in [3.05, 3.63) is 94.0 Å². The van der Waals surface area contributed by atoms with Gasteiger partial charge in [-0.3, -0.25) is 9.59 Å². The summed E-state index contributed by atoms with van der Waals surface area (Å²) in [7, 11) is 1.45. The van der Waals surface area contributed by atoms with E-state index < -0.39 is 11.8 Å². The summed E-state index contributed by atoms with van der Waals surface area (Å²) in [5.74, 6) is -0.812. The van der Waals surface area contributed by atoms with Crippen molar-refractivity contribution < 1.29 is 19.4 Å². The molecule has 4 rings (SSSR count).